The standard InChI is InChI=1S/C19H25N3O2/c23-19(17-5-1-2-13-24-17)21-15-6-8-16(9-7-15)22-12-10-14-4-3-11-20-18(14)22/h3-4,10-12,15-17H,1-2,5-9,13H2,(H,21,23). The molecule has 0 spiro atoms. The van der Waals surface area contributed by atoms with Crippen molar-refractivity contribution < 1.29 is 9.53 Å². The van der Waals surface area contributed by atoms with Gasteiger partial charge in [-0.05, 0) is 63.1 Å². The van der Waals surface area contributed by atoms with Gasteiger partial charge in [0.25, 0.3) is 0 Å². The molecule has 2 aromatic heterocycles. The fourth-order valence-electron chi connectivity index (χ4n) is 4.02. The van der Waals surface area contributed by atoms with Gasteiger partial charge in [0.1, 0.15) is 11.8 Å². The normalized spacial score (nSPS) is 27.9. The van der Waals surface area contributed by atoms with E-state index >= 15 is 0 Å². The van der Waals surface area contributed by atoms with E-state index in [0.29, 0.717) is 6.04 Å². The average Bonchev–Trinajstić information content (AvgIpc) is 3.07. The summed E-state index contributed by atoms with van der Waals surface area (Å²) in [4.78, 5) is 16.8. The van der Waals surface area contributed by atoms with Gasteiger partial charge in [0, 0.05) is 36.5 Å². The number of rotatable bonds is 3. The first-order valence-corrected chi connectivity index (χ1v) is 9.15. The minimum atomic E-state index is -0.228. The number of hydrogen-bond acceptors (Lipinski definition) is 3. The Hall–Kier alpha value is -1.88. The highest BCUT2D eigenvalue weighted by Gasteiger charge is 2.28. The lowest BCUT2D eigenvalue weighted by Crippen LogP contribution is -2.45. The quantitative estimate of drug-likeness (QED) is 0.942. The van der Waals surface area contributed by atoms with Crippen molar-refractivity contribution in [2.24, 2.45) is 0 Å². The summed E-state index contributed by atoms with van der Waals surface area (Å²) in [6, 6.07) is 6.99. The number of amides is 1. The van der Waals surface area contributed by atoms with Gasteiger partial charge in [0.15, 0.2) is 0 Å². The summed E-state index contributed by atoms with van der Waals surface area (Å²) in [6.07, 6.45) is 11.0. The van der Waals surface area contributed by atoms with E-state index in [0.717, 1.165) is 57.2 Å². The highest BCUT2D eigenvalue weighted by Crippen LogP contribution is 2.31. The fraction of sp³-hybridized carbons (Fsp3) is 0.579. The Morgan fingerprint density at radius 3 is 2.83 bits per heavy atom. The number of aromatic nitrogens is 2. The SMILES string of the molecule is O=C(NC1CCC(n2ccc3cccnc32)CC1)C1CCCCO1. The van der Waals surface area contributed by atoms with Crippen LogP contribution in [-0.2, 0) is 9.53 Å². The Labute approximate surface area is 142 Å². The molecular formula is C19H25N3O2. The molecule has 3 heterocycles. The van der Waals surface area contributed by atoms with Gasteiger partial charge in [-0.1, -0.05) is 0 Å². The van der Waals surface area contributed by atoms with Crippen LogP contribution in [0.4, 0.5) is 0 Å². The van der Waals surface area contributed by atoms with E-state index in [4.69, 9.17) is 4.74 Å². The molecule has 5 heteroatoms. The van der Waals surface area contributed by atoms with E-state index < -0.39 is 0 Å². The Bertz CT molecular complexity index is 697. The third-order valence-corrected chi connectivity index (χ3v) is 5.38. The predicted octanol–water partition coefficient (Wildman–Crippen LogP) is 3.21. The van der Waals surface area contributed by atoms with Crippen molar-refractivity contribution in [1.82, 2.24) is 14.9 Å². The smallest absolute Gasteiger partial charge is 0.249 e. The second-order valence-corrected chi connectivity index (χ2v) is 7.01. The molecule has 4 rings (SSSR count). The Balaban J connectivity index is 1.34. The minimum absolute atomic E-state index is 0.0891. The Kier molecular flexibility index (Phi) is 4.52. The van der Waals surface area contributed by atoms with Crippen molar-refractivity contribution in [2.45, 2.75) is 63.1 Å². The molecular weight excluding hydrogens is 302 g/mol. The molecule has 0 radical (unpaired) electrons. The molecule has 2 aromatic rings. The van der Waals surface area contributed by atoms with Gasteiger partial charge in [0.05, 0.1) is 0 Å². The van der Waals surface area contributed by atoms with E-state index in [2.05, 4.69) is 33.2 Å². The molecule has 5 nitrogen and oxygen atoms in total. The highest BCUT2D eigenvalue weighted by molar-refractivity contribution is 5.81. The summed E-state index contributed by atoms with van der Waals surface area (Å²) in [6.45, 7) is 0.721. The lowest BCUT2D eigenvalue weighted by molar-refractivity contribution is -0.136. The van der Waals surface area contributed by atoms with Crippen LogP contribution in [0.2, 0.25) is 0 Å². The number of nitrogens with one attached hydrogen (secondary N) is 1. The van der Waals surface area contributed by atoms with Crippen LogP contribution in [0, 0.1) is 0 Å². The average molecular weight is 327 g/mol. The number of ether oxygens (including phenoxy) is 1. The summed E-state index contributed by atoms with van der Waals surface area (Å²) in [5, 5.41) is 4.40. The number of carbonyl (C=O) groups is 1. The van der Waals surface area contributed by atoms with Crippen molar-refractivity contribution in [3.8, 4) is 0 Å². The second kappa shape index (κ2) is 6.93. The molecule has 1 N–H and O–H groups in total. The lowest BCUT2D eigenvalue weighted by atomic mass is 9.90. The van der Waals surface area contributed by atoms with Gasteiger partial charge < -0.3 is 14.6 Å². The number of pyridine rings is 1. The van der Waals surface area contributed by atoms with Crippen molar-refractivity contribution in [3.63, 3.8) is 0 Å². The molecule has 1 amide bonds. The highest BCUT2D eigenvalue weighted by atomic mass is 16.5. The van der Waals surface area contributed by atoms with Crippen molar-refractivity contribution in [1.29, 1.82) is 0 Å². The van der Waals surface area contributed by atoms with Gasteiger partial charge in [-0.3, -0.25) is 4.79 Å². The summed E-state index contributed by atoms with van der Waals surface area (Å²) >= 11 is 0. The van der Waals surface area contributed by atoms with Crippen LogP contribution in [-0.4, -0.2) is 34.2 Å². The number of carbonyl (C=O) groups excluding carboxylic acids is 1. The van der Waals surface area contributed by atoms with Crippen LogP contribution < -0.4 is 5.32 Å². The molecule has 1 saturated carbocycles. The molecule has 128 valence electrons. The third-order valence-electron chi connectivity index (χ3n) is 5.38. The van der Waals surface area contributed by atoms with Gasteiger partial charge in [-0.25, -0.2) is 4.98 Å². The first-order chi connectivity index (χ1) is 11.8. The molecule has 2 aliphatic rings. The maximum Gasteiger partial charge on any atom is 0.249 e. The van der Waals surface area contributed by atoms with Gasteiger partial charge >= 0.3 is 0 Å². The first-order valence-electron chi connectivity index (χ1n) is 9.15. The zero-order valence-electron chi connectivity index (χ0n) is 14.0. The molecule has 1 atom stereocenters. The largest absolute Gasteiger partial charge is 0.368 e. The predicted molar refractivity (Wildman–Crippen MR) is 92.8 cm³/mol. The Morgan fingerprint density at radius 1 is 1.17 bits per heavy atom. The summed E-state index contributed by atoms with van der Waals surface area (Å²) < 4.78 is 7.89. The zero-order valence-corrected chi connectivity index (χ0v) is 14.0. The molecule has 0 bridgehead atoms. The molecule has 1 unspecified atom stereocenters. The maximum absolute atomic E-state index is 12.3. The van der Waals surface area contributed by atoms with Gasteiger partial charge in [0.2, 0.25) is 5.91 Å². The van der Waals surface area contributed by atoms with E-state index in [-0.39, 0.29) is 18.1 Å². The van der Waals surface area contributed by atoms with Crippen LogP contribution in [0.15, 0.2) is 30.6 Å². The first kappa shape index (κ1) is 15.6. The van der Waals surface area contributed by atoms with Crippen molar-refractivity contribution in [3.05, 3.63) is 30.6 Å². The summed E-state index contributed by atoms with van der Waals surface area (Å²) in [5.74, 6) is 0.0891. The van der Waals surface area contributed by atoms with E-state index in [1.807, 2.05) is 12.3 Å². The Morgan fingerprint density at radius 2 is 2.04 bits per heavy atom. The van der Waals surface area contributed by atoms with Crippen LogP contribution >= 0.6 is 0 Å². The van der Waals surface area contributed by atoms with Crippen molar-refractivity contribution in [2.75, 3.05) is 6.61 Å². The molecule has 1 aliphatic heterocycles. The molecule has 0 aromatic carbocycles. The number of hydrogen-bond donors (Lipinski definition) is 1. The van der Waals surface area contributed by atoms with E-state index in [1.54, 1.807) is 0 Å². The van der Waals surface area contributed by atoms with E-state index in [1.165, 1.54) is 5.39 Å². The second-order valence-electron chi connectivity index (χ2n) is 7.01. The lowest BCUT2D eigenvalue weighted by Gasteiger charge is -2.31. The molecule has 1 saturated heterocycles. The van der Waals surface area contributed by atoms with E-state index in [9.17, 15) is 4.79 Å². The van der Waals surface area contributed by atoms with Crippen molar-refractivity contribution >= 4 is 16.9 Å². The maximum atomic E-state index is 12.3. The fourth-order valence-corrected chi connectivity index (χ4v) is 4.02. The monoisotopic (exact) mass is 327 g/mol. The molecule has 24 heavy (non-hydrogen) atoms. The zero-order chi connectivity index (χ0) is 16.4. The summed E-state index contributed by atoms with van der Waals surface area (Å²) in [7, 11) is 0. The van der Waals surface area contributed by atoms with Gasteiger partial charge in [-0.2, -0.15) is 0 Å². The summed E-state index contributed by atoms with van der Waals surface area (Å²) in [5.41, 5.74) is 1.07. The third kappa shape index (κ3) is 3.18. The minimum Gasteiger partial charge on any atom is -0.368 e. The van der Waals surface area contributed by atoms with Crippen LogP contribution in [0.25, 0.3) is 11.0 Å². The van der Waals surface area contributed by atoms with Gasteiger partial charge in [-0.15, -0.1) is 0 Å². The van der Waals surface area contributed by atoms with Crippen LogP contribution in [0.1, 0.15) is 51.0 Å². The van der Waals surface area contributed by atoms with Crippen LogP contribution in [0.5, 0.6) is 0 Å². The number of nitrogens with zero attached hydrogens (tertiary/aromatic N) is 2. The molecule has 2 fully saturated rings. The van der Waals surface area contributed by atoms with Crippen LogP contribution in [0.3, 0.4) is 0 Å². The topological polar surface area (TPSA) is 56.2 Å². The molecule has 1 aliphatic carbocycles. The number of fused-ring (bicyclic) bond motifs is 1.